The summed E-state index contributed by atoms with van der Waals surface area (Å²) < 4.78 is 20.3. The molecule has 8 bridgehead atoms. The smallest absolute Gasteiger partial charge is 0.337 e. The van der Waals surface area contributed by atoms with Gasteiger partial charge in [0.2, 0.25) is 0 Å². The quantitative estimate of drug-likeness (QED) is 0.0590. The van der Waals surface area contributed by atoms with Crippen molar-refractivity contribution >= 4 is 58.1 Å². The van der Waals surface area contributed by atoms with E-state index >= 15 is 0 Å². The lowest BCUT2D eigenvalue weighted by atomic mass is 9.94. The van der Waals surface area contributed by atoms with Gasteiger partial charge in [0.05, 0.1) is 79.2 Å². The standard InChI is InChI=1S/C61H51N5O10/c1-73-58(69)38-17-9-34(10-18-38)51-45-25-26-46(62-45)52(35-11-19-39(20-12-35)59(70)74-2)48-28-30-50(64-48)54(37-15-23-41(24-16-37)61(72)76-4)57-56-43(33-42(7-5-31-67)44(65-56)8-6-32-68)55(66-57)53(49-29-27-47(51)63-49)36-13-21-40(22-14-36)60(71)75-3/h9-30,33,63-64,67-68H,5-8,31-32H2,1-4H3. The Balaban J connectivity index is 1.41. The third kappa shape index (κ3) is 9.56. The van der Waals surface area contributed by atoms with Crippen molar-refractivity contribution < 1.29 is 48.3 Å². The number of hydrogen-bond acceptors (Lipinski definition) is 13. The van der Waals surface area contributed by atoms with Crippen LogP contribution in [0.25, 0.3) is 101 Å². The predicted molar refractivity (Wildman–Crippen MR) is 290 cm³/mol. The number of rotatable bonds is 14. The highest BCUT2D eigenvalue weighted by Gasteiger charge is 2.29. The van der Waals surface area contributed by atoms with Crippen LogP contribution in [0.3, 0.4) is 0 Å². The molecule has 15 heteroatoms. The van der Waals surface area contributed by atoms with Crippen molar-refractivity contribution in [1.82, 2.24) is 24.9 Å². The topological polar surface area (TPSA) is 216 Å². The summed E-state index contributed by atoms with van der Waals surface area (Å²) in [5, 5.41) is 20.2. The van der Waals surface area contributed by atoms with E-state index < -0.39 is 23.9 Å². The van der Waals surface area contributed by atoms with Crippen LogP contribution in [0.1, 0.15) is 76.9 Å². The molecular weight excluding hydrogens is 963 g/mol. The van der Waals surface area contributed by atoms with Crippen LogP contribution in [0.4, 0.5) is 0 Å². The number of aromatic nitrogens is 5. The van der Waals surface area contributed by atoms with Crippen molar-refractivity contribution in [3.8, 4) is 67.2 Å². The summed E-state index contributed by atoms with van der Waals surface area (Å²) in [4.78, 5) is 75.0. The number of ether oxygens (including phenoxy) is 4. The van der Waals surface area contributed by atoms with Gasteiger partial charge in [0.1, 0.15) is 0 Å². The molecule has 0 fully saturated rings. The molecule has 0 saturated heterocycles. The number of H-pyrrole nitrogens is 2. The van der Waals surface area contributed by atoms with E-state index in [4.69, 9.17) is 33.9 Å². The van der Waals surface area contributed by atoms with Crippen molar-refractivity contribution in [2.45, 2.75) is 25.7 Å². The Hall–Kier alpha value is -9.31. The minimum atomic E-state index is -0.498. The van der Waals surface area contributed by atoms with Gasteiger partial charge in [-0.15, -0.1) is 0 Å². The number of aliphatic hydroxyl groups is 2. The number of nitrogens with zero attached hydrogens (tertiary/aromatic N) is 3. The van der Waals surface area contributed by atoms with Crippen LogP contribution in [-0.2, 0) is 31.8 Å². The van der Waals surface area contributed by atoms with Crippen LogP contribution in [-0.4, -0.2) is 101 Å². The Morgan fingerprint density at radius 3 is 1.16 bits per heavy atom. The zero-order valence-corrected chi connectivity index (χ0v) is 42.0. The predicted octanol–water partition coefficient (Wildman–Crippen LogP) is 10.9. The fourth-order valence-corrected chi connectivity index (χ4v) is 9.79. The average molecular weight is 1010 g/mol. The minimum absolute atomic E-state index is 0.0447. The molecule has 0 saturated carbocycles. The molecule has 2 aliphatic heterocycles. The largest absolute Gasteiger partial charge is 0.465 e. The molecule has 76 heavy (non-hydrogen) atoms. The molecule has 8 aromatic rings. The highest BCUT2D eigenvalue weighted by molar-refractivity contribution is 6.05. The number of benzene rings is 4. The molecule has 0 spiro atoms. The first-order valence-corrected chi connectivity index (χ1v) is 24.5. The molecule has 4 aromatic heterocycles. The highest BCUT2D eigenvalue weighted by atomic mass is 16.5. The lowest BCUT2D eigenvalue weighted by Gasteiger charge is -2.14. The molecule has 15 nitrogen and oxygen atoms in total. The van der Waals surface area contributed by atoms with Gasteiger partial charge in [0.15, 0.2) is 0 Å². The molecule has 0 unspecified atom stereocenters. The first-order chi connectivity index (χ1) is 37.0. The van der Waals surface area contributed by atoms with E-state index in [1.807, 2.05) is 84.9 Å². The van der Waals surface area contributed by atoms with Gasteiger partial charge in [-0.25, -0.2) is 29.1 Å². The van der Waals surface area contributed by atoms with Gasteiger partial charge < -0.3 is 39.1 Å². The molecule has 0 radical (unpaired) electrons. The number of fused-ring (bicyclic) bond motifs is 11. The number of nitrogens with one attached hydrogen (secondary N) is 2. The van der Waals surface area contributed by atoms with Crippen LogP contribution >= 0.6 is 0 Å². The minimum Gasteiger partial charge on any atom is -0.465 e. The summed E-state index contributed by atoms with van der Waals surface area (Å²) in [7, 11) is 5.34. The fourth-order valence-electron chi connectivity index (χ4n) is 9.79. The van der Waals surface area contributed by atoms with Crippen molar-refractivity contribution in [1.29, 1.82) is 0 Å². The SMILES string of the molecule is COC(=O)c1ccc(-c2c3nc(c(-c4ccc(C(=O)OC)cc4)c4ccc([nH]4)c(-c4ccc(C(=O)OC)cc4)c4nc(c(-c5ccc(C(=O)OC)cc5)c5ccc2[nH]5)-c2cc(CCCO)c(CCCO)nc2-4)C=C3)cc1. The summed E-state index contributed by atoms with van der Waals surface area (Å²) in [5.41, 5.74) is 14.8. The van der Waals surface area contributed by atoms with Gasteiger partial charge in [0.25, 0.3) is 0 Å². The Labute approximate surface area is 436 Å². The van der Waals surface area contributed by atoms with Gasteiger partial charge in [0, 0.05) is 68.8 Å². The number of esters is 4. The molecule has 0 amide bonds. The Bertz CT molecular complexity index is 3540. The number of carbonyl (C=O) groups is 4. The second kappa shape index (κ2) is 21.6. The molecular formula is C61H51N5O10. The lowest BCUT2D eigenvalue weighted by Crippen LogP contribution is -2.04. The highest BCUT2D eigenvalue weighted by Crippen LogP contribution is 2.47. The summed E-state index contributed by atoms with van der Waals surface area (Å²) in [5.74, 6) is -1.95. The third-order valence-electron chi connectivity index (χ3n) is 13.5. The normalized spacial score (nSPS) is 11.5. The molecule has 6 heterocycles. The number of aliphatic hydroxyl groups excluding tert-OH is 2. The van der Waals surface area contributed by atoms with E-state index in [2.05, 4.69) is 16.0 Å². The van der Waals surface area contributed by atoms with E-state index in [-0.39, 0.29) is 13.2 Å². The van der Waals surface area contributed by atoms with Gasteiger partial charge in [-0.05, 0) is 145 Å². The number of carbonyl (C=O) groups excluding carboxylic acids is 4. The van der Waals surface area contributed by atoms with Crippen LogP contribution in [0.2, 0.25) is 0 Å². The molecule has 4 N–H and O–H groups in total. The van der Waals surface area contributed by atoms with Crippen molar-refractivity contribution in [2.75, 3.05) is 41.7 Å². The van der Waals surface area contributed by atoms with Gasteiger partial charge >= 0.3 is 23.9 Å². The fraction of sp³-hybridized carbons (Fsp3) is 0.164. The van der Waals surface area contributed by atoms with Crippen LogP contribution in [0.5, 0.6) is 0 Å². The van der Waals surface area contributed by atoms with E-state index in [1.54, 1.807) is 48.5 Å². The second-order valence-corrected chi connectivity index (χ2v) is 18.0. The number of aromatic amines is 2. The molecule has 380 valence electrons. The maximum absolute atomic E-state index is 12.8. The second-order valence-electron chi connectivity index (χ2n) is 18.0. The van der Waals surface area contributed by atoms with E-state index in [0.717, 1.165) is 22.4 Å². The molecule has 0 aliphatic carbocycles. The summed E-state index contributed by atoms with van der Waals surface area (Å²) in [6.07, 6.45) is 5.75. The van der Waals surface area contributed by atoms with Crippen LogP contribution in [0.15, 0.2) is 127 Å². The van der Waals surface area contributed by atoms with Crippen LogP contribution in [0, 0.1) is 0 Å². The number of methoxy groups -OCH3 is 4. The molecule has 4 aromatic carbocycles. The average Bonchev–Trinajstić information content (AvgIpc) is 4.34. The summed E-state index contributed by atoms with van der Waals surface area (Å²) >= 11 is 0. The molecule has 0 atom stereocenters. The maximum atomic E-state index is 12.8. The Morgan fingerprint density at radius 2 is 0.776 bits per heavy atom. The first-order valence-electron chi connectivity index (χ1n) is 24.5. The van der Waals surface area contributed by atoms with Crippen molar-refractivity contribution in [3.05, 3.63) is 172 Å². The number of hydrogen-bond donors (Lipinski definition) is 4. The Kier molecular flexibility index (Phi) is 14.3. The van der Waals surface area contributed by atoms with Crippen molar-refractivity contribution in [2.24, 2.45) is 0 Å². The van der Waals surface area contributed by atoms with Gasteiger partial charge in [-0.3, -0.25) is 4.98 Å². The van der Waals surface area contributed by atoms with E-state index in [1.165, 1.54) is 28.4 Å². The zero-order valence-electron chi connectivity index (χ0n) is 42.0. The third-order valence-corrected chi connectivity index (χ3v) is 13.5. The number of aryl methyl sites for hydroxylation is 2. The monoisotopic (exact) mass is 1010 g/mol. The summed E-state index contributed by atoms with van der Waals surface area (Å²) in [6, 6.07) is 38.3. The lowest BCUT2D eigenvalue weighted by molar-refractivity contribution is 0.0592. The zero-order chi connectivity index (χ0) is 53.0. The molecule has 10 rings (SSSR count). The van der Waals surface area contributed by atoms with E-state index in [9.17, 15) is 29.4 Å². The van der Waals surface area contributed by atoms with E-state index in [0.29, 0.717) is 137 Å². The van der Waals surface area contributed by atoms with Gasteiger partial charge in [-0.1, -0.05) is 48.5 Å². The molecule has 2 aliphatic rings. The Morgan fingerprint density at radius 1 is 0.421 bits per heavy atom. The summed E-state index contributed by atoms with van der Waals surface area (Å²) in [6.45, 7) is -0.102. The maximum Gasteiger partial charge on any atom is 0.337 e. The van der Waals surface area contributed by atoms with Crippen molar-refractivity contribution in [3.63, 3.8) is 0 Å². The van der Waals surface area contributed by atoms with Gasteiger partial charge in [-0.2, -0.15) is 0 Å². The van der Waals surface area contributed by atoms with Crippen LogP contribution < -0.4 is 0 Å². The first kappa shape index (κ1) is 50.2. The number of pyridine rings is 1.